The van der Waals surface area contributed by atoms with E-state index in [1.165, 1.54) is 18.2 Å². The Bertz CT molecular complexity index is 468. The van der Waals surface area contributed by atoms with Crippen LogP contribution in [-0.2, 0) is 11.3 Å². The number of hydrogen-bond donors (Lipinski definition) is 2. The summed E-state index contributed by atoms with van der Waals surface area (Å²) in [7, 11) is 0. The fourth-order valence-corrected chi connectivity index (χ4v) is 1.60. The number of rotatable bonds is 7. The molecule has 0 aliphatic rings. The first-order valence-corrected chi connectivity index (χ1v) is 6.33. The van der Waals surface area contributed by atoms with Gasteiger partial charge in [0, 0.05) is 26.1 Å². The molecule has 0 fully saturated rings. The largest absolute Gasteiger partial charge is 0.356 e. The van der Waals surface area contributed by atoms with Gasteiger partial charge in [-0.05, 0) is 30.2 Å². The van der Waals surface area contributed by atoms with Crippen LogP contribution in [-0.4, -0.2) is 19.0 Å². The smallest absolute Gasteiger partial charge is 0.221 e. The van der Waals surface area contributed by atoms with E-state index in [0.717, 1.165) is 6.42 Å². The summed E-state index contributed by atoms with van der Waals surface area (Å²) >= 11 is 0. The second-order valence-corrected chi connectivity index (χ2v) is 4.19. The van der Waals surface area contributed by atoms with E-state index < -0.39 is 0 Å². The van der Waals surface area contributed by atoms with Crippen molar-refractivity contribution in [3.05, 3.63) is 35.1 Å². The van der Waals surface area contributed by atoms with Gasteiger partial charge in [-0.25, -0.2) is 4.39 Å². The third-order valence-electron chi connectivity index (χ3n) is 2.60. The molecule has 0 aliphatic heterocycles. The monoisotopic (exact) mass is 263 g/mol. The van der Waals surface area contributed by atoms with E-state index in [9.17, 15) is 9.18 Å². The molecule has 0 spiro atoms. The molecule has 0 bridgehead atoms. The normalized spacial score (nSPS) is 9.95. The highest BCUT2D eigenvalue weighted by molar-refractivity contribution is 5.75. The van der Waals surface area contributed by atoms with Gasteiger partial charge in [0.1, 0.15) is 5.82 Å². The quantitative estimate of drug-likeness (QED) is 0.736. The Morgan fingerprint density at radius 2 is 2.21 bits per heavy atom. The highest BCUT2D eigenvalue weighted by atomic mass is 19.1. The maximum absolute atomic E-state index is 13.1. The van der Waals surface area contributed by atoms with Crippen molar-refractivity contribution in [2.45, 2.75) is 26.3 Å². The lowest BCUT2D eigenvalue weighted by Gasteiger charge is -2.07. The Hall–Kier alpha value is -1.93. The first kappa shape index (κ1) is 15.1. The van der Waals surface area contributed by atoms with E-state index in [0.29, 0.717) is 37.2 Å². The van der Waals surface area contributed by atoms with Gasteiger partial charge in [-0.15, -0.1) is 0 Å². The molecule has 0 atom stereocenters. The van der Waals surface area contributed by atoms with Gasteiger partial charge in [-0.3, -0.25) is 4.79 Å². The molecular formula is C14H18FN3O. The zero-order chi connectivity index (χ0) is 14.1. The van der Waals surface area contributed by atoms with Crippen LogP contribution in [0.1, 0.15) is 30.9 Å². The van der Waals surface area contributed by atoms with Crippen LogP contribution >= 0.6 is 0 Å². The second kappa shape index (κ2) is 8.22. The molecule has 0 saturated carbocycles. The average Bonchev–Trinajstić information content (AvgIpc) is 2.41. The summed E-state index contributed by atoms with van der Waals surface area (Å²) in [6.45, 7) is 3.55. The maximum Gasteiger partial charge on any atom is 0.221 e. The van der Waals surface area contributed by atoms with Gasteiger partial charge in [0.25, 0.3) is 0 Å². The van der Waals surface area contributed by atoms with Crippen molar-refractivity contribution in [3.8, 4) is 6.07 Å². The number of halogens is 1. The van der Waals surface area contributed by atoms with E-state index in [1.807, 2.05) is 13.0 Å². The molecule has 0 saturated heterocycles. The lowest BCUT2D eigenvalue weighted by Crippen LogP contribution is -2.28. The molecule has 0 aliphatic carbocycles. The first-order valence-electron chi connectivity index (χ1n) is 6.33. The summed E-state index contributed by atoms with van der Waals surface area (Å²) in [5.74, 6) is -0.370. The van der Waals surface area contributed by atoms with Crippen LogP contribution in [0.15, 0.2) is 18.2 Å². The Morgan fingerprint density at radius 1 is 1.42 bits per heavy atom. The number of hydrogen-bond acceptors (Lipinski definition) is 3. The first-order chi connectivity index (χ1) is 9.17. The average molecular weight is 263 g/mol. The summed E-state index contributed by atoms with van der Waals surface area (Å²) in [5.41, 5.74) is 1.06. The number of carbonyl (C=O) groups is 1. The SMILES string of the molecule is CCCNC(=O)CCNCc1cc(F)ccc1C#N. The summed E-state index contributed by atoms with van der Waals surface area (Å²) in [5, 5.41) is 14.7. The Labute approximate surface area is 112 Å². The number of benzene rings is 1. The minimum Gasteiger partial charge on any atom is -0.356 e. The van der Waals surface area contributed by atoms with Crippen LogP contribution in [0.5, 0.6) is 0 Å². The second-order valence-electron chi connectivity index (χ2n) is 4.19. The van der Waals surface area contributed by atoms with Gasteiger partial charge in [0.2, 0.25) is 5.91 Å². The van der Waals surface area contributed by atoms with Crippen molar-refractivity contribution in [2.24, 2.45) is 0 Å². The molecular weight excluding hydrogens is 245 g/mol. The molecule has 19 heavy (non-hydrogen) atoms. The molecule has 1 aromatic rings. The van der Waals surface area contributed by atoms with Crippen molar-refractivity contribution in [1.82, 2.24) is 10.6 Å². The fourth-order valence-electron chi connectivity index (χ4n) is 1.60. The molecule has 1 amide bonds. The van der Waals surface area contributed by atoms with E-state index in [1.54, 1.807) is 0 Å². The molecule has 0 heterocycles. The van der Waals surface area contributed by atoms with Gasteiger partial charge >= 0.3 is 0 Å². The van der Waals surface area contributed by atoms with Gasteiger partial charge in [0.15, 0.2) is 0 Å². The summed E-state index contributed by atoms with van der Waals surface area (Å²) in [4.78, 5) is 11.3. The standard InChI is InChI=1S/C14H18FN3O/c1-2-6-18-14(19)5-7-17-10-12-8-13(15)4-3-11(12)9-16/h3-4,8,17H,2,5-7,10H2,1H3,(H,18,19). The number of amides is 1. The van der Waals surface area contributed by atoms with Crippen molar-refractivity contribution >= 4 is 5.91 Å². The van der Waals surface area contributed by atoms with Crippen LogP contribution in [0, 0.1) is 17.1 Å². The molecule has 0 radical (unpaired) electrons. The summed E-state index contributed by atoms with van der Waals surface area (Å²) < 4.78 is 13.1. The predicted molar refractivity (Wildman–Crippen MR) is 70.7 cm³/mol. The molecule has 1 aromatic carbocycles. The van der Waals surface area contributed by atoms with Gasteiger partial charge in [-0.2, -0.15) is 5.26 Å². The molecule has 0 unspecified atom stereocenters. The van der Waals surface area contributed by atoms with Crippen molar-refractivity contribution in [1.29, 1.82) is 5.26 Å². The number of nitrogens with zero attached hydrogens (tertiary/aromatic N) is 1. The van der Waals surface area contributed by atoms with E-state index >= 15 is 0 Å². The lowest BCUT2D eigenvalue weighted by atomic mass is 10.1. The highest BCUT2D eigenvalue weighted by Crippen LogP contribution is 2.09. The van der Waals surface area contributed by atoms with Crippen molar-refractivity contribution < 1.29 is 9.18 Å². The van der Waals surface area contributed by atoms with Crippen LogP contribution in [0.25, 0.3) is 0 Å². The topological polar surface area (TPSA) is 64.9 Å². The van der Waals surface area contributed by atoms with Crippen LogP contribution in [0.3, 0.4) is 0 Å². The number of nitrogens with one attached hydrogen (secondary N) is 2. The predicted octanol–water partition coefficient (Wildman–Crippen LogP) is 1.70. The third kappa shape index (κ3) is 5.49. The van der Waals surface area contributed by atoms with Crippen LogP contribution in [0.2, 0.25) is 0 Å². The molecule has 2 N–H and O–H groups in total. The highest BCUT2D eigenvalue weighted by Gasteiger charge is 2.04. The minimum atomic E-state index is -0.364. The molecule has 1 rings (SSSR count). The zero-order valence-electron chi connectivity index (χ0n) is 11.0. The van der Waals surface area contributed by atoms with Crippen molar-refractivity contribution in [2.75, 3.05) is 13.1 Å². The lowest BCUT2D eigenvalue weighted by molar-refractivity contribution is -0.120. The maximum atomic E-state index is 13.1. The number of carbonyl (C=O) groups excluding carboxylic acids is 1. The number of nitriles is 1. The molecule has 102 valence electrons. The summed E-state index contributed by atoms with van der Waals surface area (Å²) in [6.07, 6.45) is 1.28. The van der Waals surface area contributed by atoms with Crippen LogP contribution in [0.4, 0.5) is 4.39 Å². The zero-order valence-corrected chi connectivity index (χ0v) is 11.0. The summed E-state index contributed by atoms with van der Waals surface area (Å²) in [6, 6.07) is 6.07. The Kier molecular flexibility index (Phi) is 6.55. The van der Waals surface area contributed by atoms with E-state index in [2.05, 4.69) is 10.6 Å². The third-order valence-corrected chi connectivity index (χ3v) is 2.60. The molecule has 0 aromatic heterocycles. The Balaban J connectivity index is 2.35. The fraction of sp³-hybridized carbons (Fsp3) is 0.429. The molecule has 4 nitrogen and oxygen atoms in total. The van der Waals surface area contributed by atoms with Crippen LogP contribution < -0.4 is 10.6 Å². The van der Waals surface area contributed by atoms with Gasteiger partial charge < -0.3 is 10.6 Å². The Morgan fingerprint density at radius 3 is 2.89 bits per heavy atom. The van der Waals surface area contributed by atoms with Gasteiger partial charge in [-0.1, -0.05) is 6.92 Å². The van der Waals surface area contributed by atoms with E-state index in [4.69, 9.17) is 5.26 Å². The minimum absolute atomic E-state index is 0.00546. The van der Waals surface area contributed by atoms with Crippen molar-refractivity contribution in [3.63, 3.8) is 0 Å². The molecule has 5 heteroatoms. The van der Waals surface area contributed by atoms with Gasteiger partial charge in [0.05, 0.1) is 11.6 Å². The van der Waals surface area contributed by atoms with E-state index in [-0.39, 0.29) is 11.7 Å².